The van der Waals surface area contributed by atoms with Gasteiger partial charge in [0, 0.05) is 23.7 Å². The molecule has 0 N–H and O–H groups in total. The van der Waals surface area contributed by atoms with Crippen LogP contribution in [0.2, 0.25) is 0 Å². The van der Waals surface area contributed by atoms with Gasteiger partial charge >= 0.3 is 11.9 Å². The molecule has 0 atom stereocenters. The van der Waals surface area contributed by atoms with Gasteiger partial charge in [-0.1, -0.05) is 36.4 Å². The Kier molecular flexibility index (Phi) is 9.68. The van der Waals surface area contributed by atoms with Gasteiger partial charge in [0.2, 0.25) is 5.89 Å². The number of aryl methyl sites for hydroxylation is 1. The number of hydrogen-bond donors (Lipinski definition) is 0. The lowest BCUT2D eigenvalue weighted by Gasteiger charge is -2.14. The van der Waals surface area contributed by atoms with Crippen LogP contribution in [0.5, 0.6) is 5.75 Å². The second-order valence-electron chi connectivity index (χ2n) is 9.76. The summed E-state index contributed by atoms with van der Waals surface area (Å²) in [7, 11) is 0. The first-order valence-electron chi connectivity index (χ1n) is 14.1. The van der Waals surface area contributed by atoms with E-state index in [9.17, 15) is 9.59 Å². The molecule has 0 aliphatic heterocycles. The number of benzene rings is 2. The molecule has 0 amide bonds. The molecule has 5 aromatic rings. The molecule has 2 aromatic carbocycles. The summed E-state index contributed by atoms with van der Waals surface area (Å²) in [6.45, 7) is 6.44. The number of esters is 2. The number of oxazole rings is 1. The Morgan fingerprint density at radius 1 is 0.953 bits per heavy atom. The zero-order chi connectivity index (χ0) is 30.2. The number of thiophene rings is 1. The van der Waals surface area contributed by atoms with Gasteiger partial charge in [-0.15, -0.1) is 11.3 Å². The molecule has 0 fully saturated rings. The van der Waals surface area contributed by atoms with Gasteiger partial charge < -0.3 is 18.6 Å². The van der Waals surface area contributed by atoms with Crippen LogP contribution in [-0.2, 0) is 38.6 Å². The van der Waals surface area contributed by atoms with E-state index < -0.39 is 17.9 Å². The molecule has 0 spiro atoms. The zero-order valence-corrected chi connectivity index (χ0v) is 25.1. The van der Waals surface area contributed by atoms with Gasteiger partial charge in [0.25, 0.3) is 0 Å². The highest BCUT2D eigenvalue weighted by atomic mass is 32.1. The van der Waals surface area contributed by atoms with E-state index in [1.54, 1.807) is 25.2 Å². The molecular formula is C33H33N3O6S. The van der Waals surface area contributed by atoms with Crippen LogP contribution in [-0.4, -0.2) is 39.9 Å². The van der Waals surface area contributed by atoms with Gasteiger partial charge in [0.15, 0.2) is 5.92 Å². The number of aromatic nitrogens is 3. The molecule has 222 valence electrons. The average molecular weight is 600 g/mol. The topological polar surface area (TPSA) is 106 Å². The fraction of sp³-hybridized carbons (Fsp3) is 0.273. The van der Waals surface area contributed by atoms with Gasteiger partial charge in [0.1, 0.15) is 29.5 Å². The minimum atomic E-state index is -1.06. The molecule has 5 rings (SSSR count). The normalized spacial score (nSPS) is 11.1. The van der Waals surface area contributed by atoms with E-state index >= 15 is 0 Å². The molecule has 3 aromatic heterocycles. The summed E-state index contributed by atoms with van der Waals surface area (Å²) < 4.78 is 24.0. The number of carbonyl (C=O) groups excluding carboxylic acids is 2. The first kappa shape index (κ1) is 29.8. The van der Waals surface area contributed by atoms with E-state index in [4.69, 9.17) is 23.7 Å². The SMILES string of the molecule is CCOC(=O)C(Cc1cn(Cc2ccc(OCc3nc(-c4ccccc4)oc3C)cc2)nc1-c1cccs1)C(=O)OCC. The maximum atomic E-state index is 12.7. The third-order valence-corrected chi connectivity index (χ3v) is 7.59. The Morgan fingerprint density at radius 3 is 2.33 bits per heavy atom. The summed E-state index contributed by atoms with van der Waals surface area (Å²) in [5.74, 6) is -0.260. The van der Waals surface area contributed by atoms with Crippen molar-refractivity contribution in [1.82, 2.24) is 14.8 Å². The van der Waals surface area contributed by atoms with Crippen LogP contribution in [0.1, 0.15) is 36.4 Å². The predicted molar refractivity (Wildman–Crippen MR) is 163 cm³/mol. The predicted octanol–water partition coefficient (Wildman–Crippen LogP) is 6.49. The first-order chi connectivity index (χ1) is 20.9. The summed E-state index contributed by atoms with van der Waals surface area (Å²) in [4.78, 5) is 30.9. The number of rotatable bonds is 13. The van der Waals surface area contributed by atoms with E-state index in [0.29, 0.717) is 18.2 Å². The van der Waals surface area contributed by atoms with E-state index in [1.165, 1.54) is 0 Å². The second-order valence-corrected chi connectivity index (χ2v) is 10.7. The molecule has 9 nitrogen and oxygen atoms in total. The third kappa shape index (κ3) is 7.39. The molecule has 0 unspecified atom stereocenters. The van der Waals surface area contributed by atoms with Crippen LogP contribution in [0, 0.1) is 12.8 Å². The van der Waals surface area contributed by atoms with Crippen LogP contribution in [0.25, 0.3) is 22.0 Å². The Bertz CT molecular complexity index is 1620. The number of hydrogen-bond acceptors (Lipinski definition) is 9. The highest BCUT2D eigenvalue weighted by Gasteiger charge is 2.31. The van der Waals surface area contributed by atoms with Crippen LogP contribution >= 0.6 is 11.3 Å². The van der Waals surface area contributed by atoms with E-state index in [0.717, 1.165) is 38.7 Å². The van der Waals surface area contributed by atoms with Crippen molar-refractivity contribution in [2.75, 3.05) is 13.2 Å². The van der Waals surface area contributed by atoms with Crippen molar-refractivity contribution in [3.8, 4) is 27.8 Å². The van der Waals surface area contributed by atoms with Gasteiger partial charge in [-0.05, 0) is 62.0 Å². The van der Waals surface area contributed by atoms with Crippen molar-refractivity contribution in [2.24, 2.45) is 5.92 Å². The monoisotopic (exact) mass is 599 g/mol. The van der Waals surface area contributed by atoms with Crippen molar-refractivity contribution >= 4 is 23.3 Å². The molecular weight excluding hydrogens is 566 g/mol. The van der Waals surface area contributed by atoms with Crippen molar-refractivity contribution in [2.45, 2.75) is 40.3 Å². The third-order valence-electron chi connectivity index (χ3n) is 6.72. The number of carbonyl (C=O) groups is 2. The highest BCUT2D eigenvalue weighted by Crippen LogP contribution is 2.29. The number of nitrogens with zero attached hydrogens (tertiary/aromatic N) is 3. The molecule has 10 heteroatoms. The van der Waals surface area contributed by atoms with Crippen molar-refractivity contribution in [3.05, 3.63) is 101 Å². The summed E-state index contributed by atoms with van der Waals surface area (Å²) in [5.41, 5.74) is 4.17. The fourth-order valence-corrected chi connectivity index (χ4v) is 5.32. The molecule has 0 aliphatic rings. The minimum Gasteiger partial charge on any atom is -0.487 e. The summed E-state index contributed by atoms with van der Waals surface area (Å²) in [6, 6.07) is 21.4. The second kappa shape index (κ2) is 14.0. The smallest absolute Gasteiger partial charge is 0.320 e. The molecule has 0 saturated heterocycles. The largest absolute Gasteiger partial charge is 0.487 e. The summed E-state index contributed by atoms with van der Waals surface area (Å²) >= 11 is 1.54. The Labute approximate surface area is 254 Å². The van der Waals surface area contributed by atoms with Crippen LogP contribution < -0.4 is 4.74 Å². The molecule has 0 radical (unpaired) electrons. The first-order valence-corrected chi connectivity index (χ1v) is 15.0. The Balaban J connectivity index is 1.28. The molecule has 43 heavy (non-hydrogen) atoms. The zero-order valence-electron chi connectivity index (χ0n) is 24.3. The molecule has 3 heterocycles. The molecule has 0 bridgehead atoms. The maximum absolute atomic E-state index is 12.7. The maximum Gasteiger partial charge on any atom is 0.320 e. The number of ether oxygens (including phenoxy) is 3. The standard InChI is InChI=1S/C33H33N3O6S/c1-4-39-32(37)27(33(38)40-5-2)18-25-20-36(35-30(25)29-12-9-17-43-29)19-23-13-15-26(16-14-23)41-21-28-22(3)42-31(34-28)24-10-7-6-8-11-24/h6-17,20,27H,4-5,18-19,21H2,1-3H3. The fourth-order valence-electron chi connectivity index (χ4n) is 4.58. The lowest BCUT2D eigenvalue weighted by molar-refractivity contribution is -0.161. The van der Waals surface area contributed by atoms with Crippen molar-refractivity contribution in [3.63, 3.8) is 0 Å². The Hall–Kier alpha value is -4.70. The molecule has 0 saturated carbocycles. The lowest BCUT2D eigenvalue weighted by atomic mass is 9.99. The van der Waals surface area contributed by atoms with Crippen molar-refractivity contribution < 1.29 is 28.2 Å². The van der Waals surface area contributed by atoms with Gasteiger partial charge in [-0.2, -0.15) is 5.10 Å². The van der Waals surface area contributed by atoms with E-state index in [-0.39, 0.29) is 26.2 Å². The van der Waals surface area contributed by atoms with E-state index in [1.807, 2.05) is 89.9 Å². The lowest BCUT2D eigenvalue weighted by Crippen LogP contribution is -2.30. The molecule has 0 aliphatic carbocycles. The van der Waals surface area contributed by atoms with Gasteiger partial charge in [0.05, 0.1) is 24.6 Å². The Morgan fingerprint density at radius 2 is 1.67 bits per heavy atom. The van der Waals surface area contributed by atoms with Gasteiger partial charge in [-0.3, -0.25) is 14.3 Å². The highest BCUT2D eigenvalue weighted by molar-refractivity contribution is 7.13. The van der Waals surface area contributed by atoms with Crippen LogP contribution in [0.4, 0.5) is 0 Å². The summed E-state index contributed by atoms with van der Waals surface area (Å²) in [6.07, 6.45) is 2.01. The summed E-state index contributed by atoms with van der Waals surface area (Å²) in [5, 5.41) is 6.79. The average Bonchev–Trinajstić information content (AvgIpc) is 3.77. The van der Waals surface area contributed by atoms with Crippen LogP contribution in [0.3, 0.4) is 0 Å². The van der Waals surface area contributed by atoms with E-state index in [2.05, 4.69) is 4.98 Å². The van der Waals surface area contributed by atoms with Crippen LogP contribution in [0.15, 0.2) is 82.7 Å². The minimum absolute atomic E-state index is 0.130. The van der Waals surface area contributed by atoms with Gasteiger partial charge in [-0.25, -0.2) is 4.98 Å². The van der Waals surface area contributed by atoms with Crippen molar-refractivity contribution in [1.29, 1.82) is 0 Å². The quantitative estimate of drug-likeness (QED) is 0.112.